The number of anilines is 1. The van der Waals surface area contributed by atoms with Crippen molar-refractivity contribution >= 4 is 15.8 Å². The highest BCUT2D eigenvalue weighted by atomic mass is 32.2. The summed E-state index contributed by atoms with van der Waals surface area (Å²) in [6, 6.07) is 5.11. The maximum atomic E-state index is 11.4. The molecule has 6 heteroatoms. The second kappa shape index (κ2) is 4.59. The van der Waals surface area contributed by atoms with Gasteiger partial charge in [0.05, 0.1) is 17.5 Å². The summed E-state index contributed by atoms with van der Waals surface area (Å²) in [5.74, 6) is 0.385. The molecule has 0 aliphatic carbocycles. The third-order valence-electron chi connectivity index (χ3n) is 1.90. The summed E-state index contributed by atoms with van der Waals surface area (Å²) in [7, 11) is -3.24. The molecule has 3 N–H and O–H groups in total. The first-order valence-electron chi connectivity index (χ1n) is 4.61. The third kappa shape index (κ3) is 3.49. The highest BCUT2D eigenvalue weighted by Crippen LogP contribution is 2.02. The van der Waals surface area contributed by atoms with Crippen LogP contribution in [0.2, 0.25) is 0 Å². The van der Waals surface area contributed by atoms with E-state index in [0.29, 0.717) is 11.5 Å². The van der Waals surface area contributed by atoms with Crippen LogP contribution in [0.25, 0.3) is 0 Å². The summed E-state index contributed by atoms with van der Waals surface area (Å²) < 4.78 is 25.3. The number of sulfonamides is 1. The van der Waals surface area contributed by atoms with Crippen LogP contribution in [-0.2, 0) is 16.6 Å². The molecular formula is C9H15N3O2S. The third-order valence-corrected chi connectivity index (χ3v) is 3.69. The van der Waals surface area contributed by atoms with E-state index in [4.69, 9.17) is 5.73 Å². The van der Waals surface area contributed by atoms with Crippen molar-refractivity contribution in [3.8, 4) is 0 Å². The summed E-state index contributed by atoms with van der Waals surface area (Å²) in [6.07, 6.45) is 0. The molecule has 15 heavy (non-hydrogen) atoms. The Bertz CT molecular complexity index is 429. The van der Waals surface area contributed by atoms with Crippen molar-refractivity contribution in [2.24, 2.45) is 0 Å². The number of nitrogens with zero attached hydrogens (tertiary/aromatic N) is 1. The largest absolute Gasteiger partial charge is 0.384 e. The number of nitrogen functional groups attached to an aromatic ring is 1. The molecule has 0 fully saturated rings. The molecule has 1 rings (SSSR count). The Morgan fingerprint density at radius 1 is 1.47 bits per heavy atom. The van der Waals surface area contributed by atoms with E-state index in [1.807, 2.05) is 0 Å². The Kier molecular flexibility index (Phi) is 3.65. The standard InChI is InChI=1S/C9H15N3O2S/c1-7(2)15(13,14)11-6-8-4-3-5-9(10)12-8/h3-5,7,11H,6H2,1-2H3,(H2,10,12). The molecule has 0 aromatic carbocycles. The topological polar surface area (TPSA) is 85.1 Å². The van der Waals surface area contributed by atoms with Crippen LogP contribution in [0.3, 0.4) is 0 Å². The van der Waals surface area contributed by atoms with Gasteiger partial charge in [0.25, 0.3) is 0 Å². The average Bonchev–Trinajstić information content (AvgIpc) is 2.15. The van der Waals surface area contributed by atoms with E-state index < -0.39 is 15.3 Å². The maximum absolute atomic E-state index is 11.4. The molecule has 0 aliphatic heterocycles. The van der Waals surface area contributed by atoms with E-state index in [1.165, 1.54) is 0 Å². The molecule has 0 unspecified atom stereocenters. The van der Waals surface area contributed by atoms with Crippen molar-refractivity contribution in [2.45, 2.75) is 25.6 Å². The van der Waals surface area contributed by atoms with Crippen molar-refractivity contribution in [1.29, 1.82) is 0 Å². The highest BCUT2D eigenvalue weighted by molar-refractivity contribution is 7.90. The number of rotatable bonds is 4. The fraction of sp³-hybridized carbons (Fsp3) is 0.444. The summed E-state index contributed by atoms with van der Waals surface area (Å²) in [4.78, 5) is 3.99. The van der Waals surface area contributed by atoms with Crippen molar-refractivity contribution in [2.75, 3.05) is 5.73 Å². The molecule has 0 saturated heterocycles. The van der Waals surface area contributed by atoms with E-state index in [-0.39, 0.29) is 6.54 Å². The van der Waals surface area contributed by atoms with Gasteiger partial charge in [0.15, 0.2) is 0 Å². The summed E-state index contributed by atoms with van der Waals surface area (Å²) in [5, 5.41) is -0.446. The zero-order valence-corrected chi connectivity index (χ0v) is 9.58. The van der Waals surface area contributed by atoms with Gasteiger partial charge in [0.2, 0.25) is 10.0 Å². The van der Waals surface area contributed by atoms with Crippen LogP contribution in [0, 0.1) is 0 Å². The molecule has 5 nitrogen and oxygen atoms in total. The minimum atomic E-state index is -3.24. The van der Waals surface area contributed by atoms with E-state index in [0.717, 1.165) is 0 Å². The van der Waals surface area contributed by atoms with E-state index in [2.05, 4.69) is 9.71 Å². The molecule has 1 aromatic rings. The quantitative estimate of drug-likeness (QED) is 0.787. The summed E-state index contributed by atoms with van der Waals surface area (Å²) in [6.45, 7) is 3.41. The minimum Gasteiger partial charge on any atom is -0.384 e. The lowest BCUT2D eigenvalue weighted by molar-refractivity contribution is 0.571. The zero-order chi connectivity index (χ0) is 11.5. The predicted molar refractivity (Wildman–Crippen MR) is 59.5 cm³/mol. The average molecular weight is 229 g/mol. The molecule has 84 valence electrons. The zero-order valence-electron chi connectivity index (χ0n) is 8.77. The second-order valence-electron chi connectivity index (χ2n) is 3.47. The van der Waals surface area contributed by atoms with E-state index in [9.17, 15) is 8.42 Å². The van der Waals surface area contributed by atoms with Gasteiger partial charge >= 0.3 is 0 Å². The number of nitrogens with two attached hydrogens (primary N) is 1. The fourth-order valence-electron chi connectivity index (χ4n) is 0.938. The van der Waals surface area contributed by atoms with Gasteiger partial charge < -0.3 is 5.73 Å². The first-order chi connectivity index (χ1) is 6.92. The van der Waals surface area contributed by atoms with Crippen molar-refractivity contribution in [1.82, 2.24) is 9.71 Å². The molecular weight excluding hydrogens is 214 g/mol. The Morgan fingerprint density at radius 3 is 2.67 bits per heavy atom. The monoisotopic (exact) mass is 229 g/mol. The second-order valence-corrected chi connectivity index (χ2v) is 5.79. The molecule has 0 radical (unpaired) electrons. The van der Waals surface area contributed by atoms with Gasteiger partial charge in [0, 0.05) is 0 Å². The Morgan fingerprint density at radius 2 is 2.13 bits per heavy atom. The van der Waals surface area contributed by atoms with Crippen LogP contribution in [-0.4, -0.2) is 18.7 Å². The minimum absolute atomic E-state index is 0.172. The molecule has 0 aliphatic rings. The Balaban J connectivity index is 2.66. The number of aromatic nitrogens is 1. The normalized spacial score (nSPS) is 11.9. The maximum Gasteiger partial charge on any atom is 0.214 e. The van der Waals surface area contributed by atoms with Gasteiger partial charge in [0.1, 0.15) is 5.82 Å². The van der Waals surface area contributed by atoms with Gasteiger partial charge in [-0.3, -0.25) is 0 Å². The Hall–Kier alpha value is -1.14. The lowest BCUT2D eigenvalue weighted by atomic mass is 10.3. The SMILES string of the molecule is CC(C)S(=O)(=O)NCc1cccc(N)n1. The molecule has 0 saturated carbocycles. The van der Waals surface area contributed by atoms with Gasteiger partial charge in [-0.1, -0.05) is 6.07 Å². The lowest BCUT2D eigenvalue weighted by Crippen LogP contribution is -2.30. The van der Waals surface area contributed by atoms with Crippen LogP contribution in [0.4, 0.5) is 5.82 Å². The van der Waals surface area contributed by atoms with Crippen LogP contribution >= 0.6 is 0 Å². The lowest BCUT2D eigenvalue weighted by Gasteiger charge is -2.08. The van der Waals surface area contributed by atoms with Crippen LogP contribution in [0.15, 0.2) is 18.2 Å². The van der Waals surface area contributed by atoms with Gasteiger partial charge in [-0.15, -0.1) is 0 Å². The predicted octanol–water partition coefficient (Wildman–Crippen LogP) is 0.492. The van der Waals surface area contributed by atoms with E-state index >= 15 is 0 Å². The fourth-order valence-corrected chi connectivity index (χ4v) is 1.62. The molecule has 1 heterocycles. The number of hydrogen-bond acceptors (Lipinski definition) is 4. The Labute approximate surface area is 89.8 Å². The van der Waals surface area contributed by atoms with Crippen LogP contribution in [0.5, 0.6) is 0 Å². The van der Waals surface area contributed by atoms with Gasteiger partial charge in [-0.05, 0) is 26.0 Å². The molecule has 0 amide bonds. The number of nitrogens with one attached hydrogen (secondary N) is 1. The molecule has 0 spiro atoms. The number of hydrogen-bond donors (Lipinski definition) is 2. The molecule has 0 bridgehead atoms. The summed E-state index contributed by atoms with van der Waals surface area (Å²) in [5.41, 5.74) is 6.08. The van der Waals surface area contributed by atoms with Gasteiger partial charge in [-0.25, -0.2) is 18.1 Å². The van der Waals surface area contributed by atoms with Crippen LogP contribution < -0.4 is 10.5 Å². The first kappa shape index (κ1) is 11.9. The molecule has 0 atom stereocenters. The van der Waals surface area contributed by atoms with Gasteiger partial charge in [-0.2, -0.15) is 0 Å². The summed E-state index contributed by atoms with van der Waals surface area (Å²) >= 11 is 0. The van der Waals surface area contributed by atoms with Crippen molar-refractivity contribution in [3.63, 3.8) is 0 Å². The highest BCUT2D eigenvalue weighted by Gasteiger charge is 2.14. The van der Waals surface area contributed by atoms with E-state index in [1.54, 1.807) is 32.0 Å². The first-order valence-corrected chi connectivity index (χ1v) is 6.16. The van der Waals surface area contributed by atoms with Crippen LogP contribution in [0.1, 0.15) is 19.5 Å². The number of pyridine rings is 1. The van der Waals surface area contributed by atoms with Crippen molar-refractivity contribution in [3.05, 3.63) is 23.9 Å². The smallest absolute Gasteiger partial charge is 0.214 e. The van der Waals surface area contributed by atoms with Crippen molar-refractivity contribution < 1.29 is 8.42 Å². The molecule has 1 aromatic heterocycles.